The van der Waals surface area contributed by atoms with E-state index in [1.54, 1.807) is 12.4 Å². The third kappa shape index (κ3) is 3.26. The number of aryl methyl sites for hydroxylation is 2. The number of nitrogens with zero attached hydrogens (tertiary/aromatic N) is 7. The van der Waals surface area contributed by atoms with Crippen LogP contribution in [0.15, 0.2) is 60.2 Å². The van der Waals surface area contributed by atoms with Crippen LogP contribution in [0.25, 0.3) is 33.9 Å². The van der Waals surface area contributed by atoms with Crippen molar-refractivity contribution in [3.8, 4) is 23.0 Å². The molecule has 164 valence electrons. The summed E-state index contributed by atoms with van der Waals surface area (Å²) in [6.45, 7) is 4.02. The van der Waals surface area contributed by atoms with E-state index in [4.69, 9.17) is 4.98 Å². The summed E-state index contributed by atoms with van der Waals surface area (Å²) in [7, 11) is 1.95. The minimum atomic E-state index is -0.163. The first-order valence-corrected chi connectivity index (χ1v) is 11.0. The first-order chi connectivity index (χ1) is 16.0. The van der Waals surface area contributed by atoms with Gasteiger partial charge in [-0.15, -0.1) is 0 Å². The number of hydrogen-bond acceptors (Lipinski definition) is 5. The van der Waals surface area contributed by atoms with Crippen LogP contribution in [0.5, 0.6) is 0 Å². The third-order valence-corrected chi connectivity index (χ3v) is 6.38. The van der Waals surface area contributed by atoms with Gasteiger partial charge in [0, 0.05) is 31.1 Å². The van der Waals surface area contributed by atoms with Crippen molar-refractivity contribution in [3.05, 3.63) is 82.7 Å². The van der Waals surface area contributed by atoms with Crippen molar-refractivity contribution in [1.29, 1.82) is 0 Å². The lowest BCUT2D eigenvalue weighted by Gasteiger charge is -2.11. The van der Waals surface area contributed by atoms with Gasteiger partial charge in [-0.1, -0.05) is 6.07 Å². The molecule has 4 heterocycles. The van der Waals surface area contributed by atoms with Crippen molar-refractivity contribution in [2.24, 2.45) is 7.05 Å². The maximum Gasteiger partial charge on any atom is 0.267 e. The first kappa shape index (κ1) is 19.6. The van der Waals surface area contributed by atoms with Crippen LogP contribution < -0.4 is 5.56 Å². The normalized spacial score (nSPS) is 13.7. The van der Waals surface area contributed by atoms with Gasteiger partial charge >= 0.3 is 0 Å². The molecule has 33 heavy (non-hydrogen) atoms. The highest BCUT2D eigenvalue weighted by Gasteiger charge is 2.26. The fraction of sp³-hybridized carbons (Fsp3) is 0.240. The average molecular weight is 438 g/mol. The van der Waals surface area contributed by atoms with E-state index < -0.39 is 0 Å². The Balaban J connectivity index is 1.47. The van der Waals surface area contributed by atoms with Gasteiger partial charge < -0.3 is 9.13 Å². The Kier molecular flexibility index (Phi) is 4.29. The Morgan fingerprint density at radius 2 is 1.88 bits per heavy atom. The molecule has 0 unspecified atom stereocenters. The Bertz CT molecular complexity index is 1590. The van der Waals surface area contributed by atoms with E-state index in [1.807, 2.05) is 66.8 Å². The minimum Gasteiger partial charge on any atom is -0.330 e. The van der Waals surface area contributed by atoms with Gasteiger partial charge in [0.1, 0.15) is 17.8 Å². The van der Waals surface area contributed by atoms with E-state index in [9.17, 15) is 4.79 Å². The van der Waals surface area contributed by atoms with Crippen LogP contribution in [0.1, 0.15) is 35.7 Å². The van der Waals surface area contributed by atoms with Crippen LogP contribution in [-0.4, -0.2) is 33.6 Å². The molecule has 1 aromatic carbocycles. The first-order valence-electron chi connectivity index (χ1n) is 11.0. The lowest BCUT2D eigenvalue weighted by atomic mass is 10.1. The predicted octanol–water partition coefficient (Wildman–Crippen LogP) is 3.86. The van der Waals surface area contributed by atoms with Crippen molar-refractivity contribution < 1.29 is 0 Å². The molecule has 8 heteroatoms. The number of imidazole rings is 2. The zero-order valence-electron chi connectivity index (χ0n) is 18.7. The van der Waals surface area contributed by atoms with Gasteiger partial charge in [-0.25, -0.2) is 19.9 Å². The summed E-state index contributed by atoms with van der Waals surface area (Å²) >= 11 is 0. The molecular formula is C25H23N7O. The summed E-state index contributed by atoms with van der Waals surface area (Å²) in [6, 6.07) is 9.43. The topological polar surface area (TPSA) is 83.4 Å². The smallest absolute Gasteiger partial charge is 0.267 e. The minimum absolute atomic E-state index is 0.163. The van der Waals surface area contributed by atoms with Crippen LogP contribution in [0.3, 0.4) is 0 Å². The number of pyridine rings is 1. The highest BCUT2D eigenvalue weighted by atomic mass is 16.1. The molecule has 0 aliphatic heterocycles. The van der Waals surface area contributed by atoms with Crippen molar-refractivity contribution >= 4 is 10.9 Å². The average Bonchev–Trinajstić information content (AvgIpc) is 3.46. The predicted molar refractivity (Wildman–Crippen MR) is 126 cm³/mol. The zero-order chi connectivity index (χ0) is 22.7. The number of hydrogen-bond donors (Lipinski definition) is 0. The van der Waals surface area contributed by atoms with E-state index in [1.165, 1.54) is 17.4 Å². The second-order valence-corrected chi connectivity index (χ2v) is 8.72. The highest BCUT2D eigenvalue weighted by Crippen LogP contribution is 2.39. The maximum atomic E-state index is 13.5. The SMILES string of the molecule is Cc1cc2ncn(-c3cccc(-c4ncc(C)n4C)n3)c(=O)c2cc1-n1cnc(C2CC2)c1. The second-order valence-electron chi connectivity index (χ2n) is 8.72. The van der Waals surface area contributed by atoms with Gasteiger partial charge in [-0.05, 0) is 56.5 Å². The molecule has 1 aliphatic carbocycles. The summed E-state index contributed by atoms with van der Waals surface area (Å²) in [5.41, 5.74) is 5.32. The van der Waals surface area contributed by atoms with Gasteiger partial charge in [0.05, 0.1) is 28.6 Å². The molecule has 6 rings (SSSR count). The fourth-order valence-corrected chi connectivity index (χ4v) is 4.18. The molecule has 1 aliphatic rings. The van der Waals surface area contributed by atoms with Crippen LogP contribution >= 0.6 is 0 Å². The third-order valence-electron chi connectivity index (χ3n) is 6.38. The van der Waals surface area contributed by atoms with Gasteiger partial charge in [-0.2, -0.15) is 0 Å². The summed E-state index contributed by atoms with van der Waals surface area (Å²) in [6.07, 6.45) is 9.65. The molecule has 0 spiro atoms. The molecule has 8 nitrogen and oxygen atoms in total. The Morgan fingerprint density at radius 3 is 2.64 bits per heavy atom. The molecule has 0 atom stereocenters. The monoisotopic (exact) mass is 437 g/mol. The number of rotatable bonds is 4. The van der Waals surface area contributed by atoms with E-state index >= 15 is 0 Å². The molecule has 0 bridgehead atoms. The standard InChI is InChI=1S/C25H23N7O/c1-15-9-20-18(10-22(15)31-12-21(27-13-31)17-7-8-17)25(33)32(14-28-20)23-6-4-5-19(29-23)24-26-11-16(2)30(24)3/h4-6,9-14,17H,7-8H2,1-3H3. The van der Waals surface area contributed by atoms with Crippen molar-refractivity contribution in [2.45, 2.75) is 32.6 Å². The number of fused-ring (bicyclic) bond motifs is 1. The molecule has 4 aromatic heterocycles. The summed E-state index contributed by atoms with van der Waals surface area (Å²) in [5.74, 6) is 1.83. The van der Waals surface area contributed by atoms with Crippen LogP contribution in [0, 0.1) is 13.8 Å². The Hall–Kier alpha value is -4.07. The van der Waals surface area contributed by atoms with E-state index in [-0.39, 0.29) is 5.56 Å². The second kappa shape index (κ2) is 7.23. The number of benzene rings is 1. The van der Waals surface area contributed by atoms with Crippen LogP contribution in [0.2, 0.25) is 0 Å². The molecule has 0 saturated heterocycles. The molecule has 0 N–H and O–H groups in total. The van der Waals surface area contributed by atoms with Crippen molar-refractivity contribution in [2.75, 3.05) is 0 Å². The summed E-state index contributed by atoms with van der Waals surface area (Å²) in [4.78, 5) is 31.8. The van der Waals surface area contributed by atoms with E-state index in [0.717, 1.165) is 28.5 Å². The molecule has 1 saturated carbocycles. The maximum absolute atomic E-state index is 13.5. The molecule has 1 fully saturated rings. The van der Waals surface area contributed by atoms with Crippen LogP contribution in [-0.2, 0) is 7.05 Å². The summed E-state index contributed by atoms with van der Waals surface area (Å²) in [5, 5.41) is 0.541. The van der Waals surface area contributed by atoms with Crippen molar-refractivity contribution in [3.63, 3.8) is 0 Å². The molecular weight excluding hydrogens is 414 g/mol. The van der Waals surface area contributed by atoms with Crippen LogP contribution in [0.4, 0.5) is 0 Å². The lowest BCUT2D eigenvalue weighted by Crippen LogP contribution is -2.20. The fourth-order valence-electron chi connectivity index (χ4n) is 4.18. The Morgan fingerprint density at radius 1 is 1.03 bits per heavy atom. The molecule has 5 aromatic rings. The lowest BCUT2D eigenvalue weighted by molar-refractivity contribution is 0.870. The highest BCUT2D eigenvalue weighted by molar-refractivity contribution is 5.81. The van der Waals surface area contributed by atoms with E-state index in [0.29, 0.717) is 28.3 Å². The largest absolute Gasteiger partial charge is 0.330 e. The quantitative estimate of drug-likeness (QED) is 0.426. The van der Waals surface area contributed by atoms with Gasteiger partial charge in [0.15, 0.2) is 5.82 Å². The van der Waals surface area contributed by atoms with Gasteiger partial charge in [0.25, 0.3) is 5.56 Å². The van der Waals surface area contributed by atoms with E-state index in [2.05, 4.69) is 21.1 Å². The number of aromatic nitrogens is 7. The van der Waals surface area contributed by atoms with Gasteiger partial charge in [-0.3, -0.25) is 9.36 Å². The Labute approximate surface area is 190 Å². The summed E-state index contributed by atoms with van der Waals surface area (Å²) < 4.78 is 5.47. The van der Waals surface area contributed by atoms with Crippen molar-refractivity contribution in [1.82, 2.24) is 33.6 Å². The van der Waals surface area contributed by atoms with Gasteiger partial charge in [0.2, 0.25) is 0 Å². The molecule has 0 radical (unpaired) electrons. The molecule has 0 amide bonds. The zero-order valence-corrected chi connectivity index (χ0v) is 18.7.